The van der Waals surface area contributed by atoms with Crippen LogP contribution in [0.15, 0.2) is 12.3 Å². The molecule has 0 aliphatic heterocycles. The van der Waals surface area contributed by atoms with Crippen LogP contribution < -0.4 is 11.5 Å². The summed E-state index contributed by atoms with van der Waals surface area (Å²) in [5, 5.41) is 0. The molecule has 5 heteroatoms. The van der Waals surface area contributed by atoms with Gasteiger partial charge in [0, 0.05) is 11.9 Å². The molecule has 0 radical (unpaired) electrons. The summed E-state index contributed by atoms with van der Waals surface area (Å²) in [7, 11) is 0. The van der Waals surface area contributed by atoms with E-state index >= 15 is 0 Å². The number of rotatable bonds is 4. The Morgan fingerprint density at radius 2 is 2.36 bits per heavy atom. The average Bonchev–Trinajstić information content (AvgIpc) is 2.14. The Hall–Kier alpha value is -1.49. The van der Waals surface area contributed by atoms with Crippen molar-refractivity contribution in [3.63, 3.8) is 0 Å². The topological polar surface area (TPSA) is 94.9 Å². The maximum absolute atomic E-state index is 10.8. The summed E-state index contributed by atoms with van der Waals surface area (Å²) < 4.78 is 0. The molecule has 0 fully saturated rings. The minimum absolute atomic E-state index is 0.00738. The van der Waals surface area contributed by atoms with Crippen molar-refractivity contribution in [3.05, 3.63) is 18.0 Å². The molecule has 1 rings (SSSR count). The van der Waals surface area contributed by atoms with Crippen molar-refractivity contribution < 1.29 is 4.79 Å². The third kappa shape index (κ3) is 3.10. The molecule has 4 N–H and O–H groups in total. The molecule has 0 aromatic carbocycles. The molecular weight excluding hydrogens is 180 g/mol. The van der Waals surface area contributed by atoms with Crippen LogP contribution in [-0.4, -0.2) is 21.8 Å². The van der Waals surface area contributed by atoms with Gasteiger partial charge in [-0.15, -0.1) is 0 Å². The van der Waals surface area contributed by atoms with Crippen LogP contribution in [0, 0.1) is 0 Å². The molecule has 1 atom stereocenters. The van der Waals surface area contributed by atoms with E-state index in [9.17, 15) is 4.79 Å². The lowest BCUT2D eigenvalue weighted by Crippen LogP contribution is -2.28. The Labute approximate surface area is 82.5 Å². The number of hydrogen-bond acceptors (Lipinski definition) is 5. The lowest BCUT2D eigenvalue weighted by atomic mass is 10.1. The fourth-order valence-corrected chi connectivity index (χ4v) is 1.06. The van der Waals surface area contributed by atoms with Gasteiger partial charge in [-0.2, -0.15) is 0 Å². The van der Waals surface area contributed by atoms with E-state index in [2.05, 4.69) is 9.97 Å². The first kappa shape index (κ1) is 10.6. The molecule has 76 valence electrons. The molecule has 1 aromatic heterocycles. The van der Waals surface area contributed by atoms with E-state index in [1.807, 2.05) is 0 Å². The predicted octanol–water partition coefficient (Wildman–Crippen LogP) is -0.0923. The fraction of sp³-hybridized carbons (Fsp3) is 0.444. The van der Waals surface area contributed by atoms with Gasteiger partial charge in [-0.3, -0.25) is 4.79 Å². The number of anilines is 1. The second-order valence-electron chi connectivity index (χ2n) is 3.16. The van der Waals surface area contributed by atoms with Gasteiger partial charge in [-0.05, 0) is 25.8 Å². The number of carbonyl (C=O) groups excluding carboxylic acids is 1. The minimum atomic E-state index is -0.411. The maximum atomic E-state index is 10.8. The highest BCUT2D eigenvalue weighted by molar-refractivity contribution is 5.81. The van der Waals surface area contributed by atoms with Gasteiger partial charge in [-0.1, -0.05) is 0 Å². The summed E-state index contributed by atoms with van der Waals surface area (Å²) in [5.41, 5.74) is 11.8. The molecule has 0 aliphatic carbocycles. The van der Waals surface area contributed by atoms with Crippen molar-refractivity contribution in [2.75, 3.05) is 5.73 Å². The van der Waals surface area contributed by atoms with Crippen LogP contribution in [0.1, 0.15) is 19.0 Å². The van der Waals surface area contributed by atoms with Gasteiger partial charge in [0.2, 0.25) is 5.95 Å². The van der Waals surface area contributed by atoms with E-state index < -0.39 is 6.04 Å². The minimum Gasteiger partial charge on any atom is -0.368 e. The van der Waals surface area contributed by atoms with Crippen molar-refractivity contribution in [1.29, 1.82) is 0 Å². The van der Waals surface area contributed by atoms with E-state index in [4.69, 9.17) is 11.5 Å². The number of carbonyl (C=O) groups is 1. The lowest BCUT2D eigenvalue weighted by Gasteiger charge is -2.06. The van der Waals surface area contributed by atoms with Crippen molar-refractivity contribution in [2.45, 2.75) is 25.8 Å². The van der Waals surface area contributed by atoms with Crippen LogP contribution in [-0.2, 0) is 11.2 Å². The first-order valence-corrected chi connectivity index (χ1v) is 4.43. The Morgan fingerprint density at radius 1 is 1.64 bits per heavy atom. The number of ketones is 1. The first-order valence-electron chi connectivity index (χ1n) is 4.43. The number of nitrogen functional groups attached to an aromatic ring is 1. The second kappa shape index (κ2) is 4.66. The normalized spacial score (nSPS) is 12.4. The molecule has 0 saturated heterocycles. The molecular formula is C9H14N4O. The summed E-state index contributed by atoms with van der Waals surface area (Å²) in [6.45, 7) is 1.49. The largest absolute Gasteiger partial charge is 0.368 e. The van der Waals surface area contributed by atoms with Gasteiger partial charge >= 0.3 is 0 Å². The molecule has 0 spiro atoms. The number of hydrogen-bond donors (Lipinski definition) is 2. The number of nitrogens with zero attached hydrogens (tertiary/aromatic N) is 2. The van der Waals surface area contributed by atoms with Crippen LogP contribution in [0.5, 0.6) is 0 Å². The maximum Gasteiger partial charge on any atom is 0.220 e. The highest BCUT2D eigenvalue weighted by atomic mass is 16.1. The zero-order chi connectivity index (χ0) is 10.6. The third-order valence-corrected chi connectivity index (χ3v) is 1.97. The monoisotopic (exact) mass is 194 g/mol. The van der Waals surface area contributed by atoms with Crippen molar-refractivity contribution >= 4 is 11.7 Å². The molecule has 1 heterocycles. The molecule has 0 saturated carbocycles. The Bertz CT molecular complexity index is 326. The molecule has 5 nitrogen and oxygen atoms in total. The van der Waals surface area contributed by atoms with Gasteiger partial charge in [0.15, 0.2) is 0 Å². The van der Waals surface area contributed by atoms with Crippen LogP contribution in [0.25, 0.3) is 0 Å². The van der Waals surface area contributed by atoms with E-state index in [0.717, 1.165) is 5.69 Å². The van der Waals surface area contributed by atoms with E-state index in [-0.39, 0.29) is 11.7 Å². The zero-order valence-electron chi connectivity index (χ0n) is 8.10. The first-order chi connectivity index (χ1) is 6.59. The van der Waals surface area contributed by atoms with Crippen LogP contribution in [0.4, 0.5) is 5.95 Å². The summed E-state index contributed by atoms with van der Waals surface area (Å²) >= 11 is 0. The molecule has 0 bridgehead atoms. The van der Waals surface area contributed by atoms with Crippen LogP contribution >= 0.6 is 0 Å². The zero-order valence-corrected chi connectivity index (χ0v) is 8.10. The van der Waals surface area contributed by atoms with Gasteiger partial charge in [0.05, 0.1) is 6.04 Å². The summed E-state index contributed by atoms with van der Waals surface area (Å²) in [6.07, 6.45) is 2.83. The predicted molar refractivity (Wildman–Crippen MR) is 53.4 cm³/mol. The van der Waals surface area contributed by atoms with Gasteiger partial charge in [0.25, 0.3) is 0 Å². The summed E-state index contributed by atoms with van der Waals surface area (Å²) in [6, 6.07) is 1.36. The Morgan fingerprint density at radius 3 is 2.93 bits per heavy atom. The van der Waals surface area contributed by atoms with Gasteiger partial charge in [-0.25, -0.2) is 9.97 Å². The smallest absolute Gasteiger partial charge is 0.220 e. The van der Waals surface area contributed by atoms with Gasteiger partial charge in [0.1, 0.15) is 5.78 Å². The van der Waals surface area contributed by atoms with Crippen LogP contribution in [0.2, 0.25) is 0 Å². The standard InChI is InChI=1S/C9H14N4O/c1-6(14)8(10)3-2-7-4-5-12-9(11)13-7/h4-5,8H,2-3,10H2,1H3,(H2,11,12,13)/t8-/m1/s1. The molecule has 1 aromatic rings. The number of aryl methyl sites for hydroxylation is 1. The third-order valence-electron chi connectivity index (χ3n) is 1.97. The molecule has 0 unspecified atom stereocenters. The lowest BCUT2D eigenvalue weighted by molar-refractivity contribution is -0.118. The summed E-state index contributed by atoms with van der Waals surface area (Å²) in [4.78, 5) is 18.6. The SMILES string of the molecule is CC(=O)[C@H](N)CCc1ccnc(N)n1. The van der Waals surface area contributed by atoms with Crippen molar-refractivity contribution in [3.8, 4) is 0 Å². The van der Waals surface area contributed by atoms with Crippen LogP contribution in [0.3, 0.4) is 0 Å². The highest BCUT2D eigenvalue weighted by Crippen LogP contribution is 2.02. The fourth-order valence-electron chi connectivity index (χ4n) is 1.06. The van der Waals surface area contributed by atoms with E-state index in [0.29, 0.717) is 12.8 Å². The average molecular weight is 194 g/mol. The number of nitrogens with two attached hydrogens (primary N) is 2. The second-order valence-corrected chi connectivity index (χ2v) is 3.16. The summed E-state index contributed by atoms with van der Waals surface area (Å²) in [5.74, 6) is 0.242. The highest BCUT2D eigenvalue weighted by Gasteiger charge is 2.08. The van der Waals surface area contributed by atoms with Gasteiger partial charge < -0.3 is 11.5 Å². The Balaban J connectivity index is 2.49. The van der Waals surface area contributed by atoms with E-state index in [1.54, 1.807) is 12.3 Å². The number of aromatic nitrogens is 2. The molecule has 0 aliphatic rings. The van der Waals surface area contributed by atoms with Crippen molar-refractivity contribution in [1.82, 2.24) is 9.97 Å². The molecule has 14 heavy (non-hydrogen) atoms. The quantitative estimate of drug-likeness (QED) is 0.698. The van der Waals surface area contributed by atoms with E-state index in [1.165, 1.54) is 6.92 Å². The Kier molecular flexibility index (Phi) is 3.53. The number of Topliss-reactive ketones (excluding diaryl/α,β-unsaturated/α-hetero) is 1. The molecule has 0 amide bonds. The van der Waals surface area contributed by atoms with Crippen molar-refractivity contribution in [2.24, 2.45) is 5.73 Å².